The van der Waals surface area contributed by atoms with E-state index in [1.165, 1.54) is 17.0 Å². The normalized spacial score (nSPS) is 12.9. The number of nitrogens with zero attached hydrogens (tertiary/aromatic N) is 3. The molecule has 0 radical (unpaired) electrons. The van der Waals surface area contributed by atoms with E-state index in [1.807, 2.05) is 12.1 Å². The number of aromatic nitrogens is 2. The molecule has 2 aromatic carbocycles. The SMILES string of the molecule is CN(C)C(=O)Sc1ccccc1NC(=O)c1nn(-c2ccc(F)cc2)c2c1CCCC2. The van der Waals surface area contributed by atoms with Gasteiger partial charge in [0.15, 0.2) is 5.69 Å². The average molecular weight is 439 g/mol. The minimum Gasteiger partial charge on any atom is -0.339 e. The molecule has 0 bridgehead atoms. The van der Waals surface area contributed by atoms with Crippen molar-refractivity contribution in [1.29, 1.82) is 0 Å². The number of carbonyl (C=O) groups excluding carboxylic acids is 2. The van der Waals surface area contributed by atoms with Crippen LogP contribution in [0.15, 0.2) is 53.4 Å². The Hall–Kier alpha value is -3.13. The second kappa shape index (κ2) is 8.93. The summed E-state index contributed by atoms with van der Waals surface area (Å²) in [6, 6.07) is 13.3. The predicted octanol–water partition coefficient (Wildman–Crippen LogP) is 4.92. The van der Waals surface area contributed by atoms with E-state index in [9.17, 15) is 14.0 Å². The van der Waals surface area contributed by atoms with Crippen molar-refractivity contribution in [3.8, 4) is 5.69 Å². The summed E-state index contributed by atoms with van der Waals surface area (Å²) in [5, 5.41) is 7.41. The molecule has 0 saturated heterocycles. The number of rotatable bonds is 4. The van der Waals surface area contributed by atoms with Gasteiger partial charge in [-0.15, -0.1) is 0 Å². The number of thioether (sulfide) groups is 1. The molecule has 1 N–H and O–H groups in total. The summed E-state index contributed by atoms with van der Waals surface area (Å²) in [7, 11) is 3.37. The fourth-order valence-electron chi connectivity index (χ4n) is 3.60. The van der Waals surface area contributed by atoms with E-state index < -0.39 is 0 Å². The molecule has 1 aliphatic rings. The molecule has 1 aromatic heterocycles. The highest BCUT2D eigenvalue weighted by Crippen LogP contribution is 2.31. The molecular formula is C23H23FN4O2S. The van der Waals surface area contributed by atoms with Crippen LogP contribution in [0.25, 0.3) is 5.69 Å². The van der Waals surface area contributed by atoms with E-state index >= 15 is 0 Å². The zero-order valence-electron chi connectivity index (χ0n) is 17.4. The van der Waals surface area contributed by atoms with Crippen molar-refractivity contribution in [2.45, 2.75) is 30.6 Å². The first-order chi connectivity index (χ1) is 14.9. The molecule has 0 spiro atoms. The summed E-state index contributed by atoms with van der Waals surface area (Å²) in [6.07, 6.45) is 3.60. The lowest BCUT2D eigenvalue weighted by Crippen LogP contribution is -2.18. The van der Waals surface area contributed by atoms with Gasteiger partial charge in [-0.1, -0.05) is 12.1 Å². The Morgan fingerprint density at radius 2 is 1.77 bits per heavy atom. The summed E-state index contributed by atoms with van der Waals surface area (Å²) < 4.78 is 15.1. The minimum atomic E-state index is -0.316. The number of nitrogens with one attached hydrogen (secondary N) is 1. The van der Waals surface area contributed by atoms with Gasteiger partial charge in [0.2, 0.25) is 0 Å². The van der Waals surface area contributed by atoms with Crippen LogP contribution in [0.5, 0.6) is 0 Å². The van der Waals surface area contributed by atoms with Crippen molar-refractivity contribution in [1.82, 2.24) is 14.7 Å². The molecule has 0 aliphatic heterocycles. The smallest absolute Gasteiger partial charge is 0.286 e. The van der Waals surface area contributed by atoms with Gasteiger partial charge in [-0.3, -0.25) is 9.59 Å². The fraction of sp³-hybridized carbons (Fsp3) is 0.261. The van der Waals surface area contributed by atoms with Crippen LogP contribution in [0, 0.1) is 5.82 Å². The van der Waals surface area contributed by atoms with Crippen molar-refractivity contribution in [3.63, 3.8) is 0 Å². The first kappa shape index (κ1) is 21.1. The topological polar surface area (TPSA) is 67.2 Å². The number of para-hydroxylation sites is 1. The highest BCUT2D eigenvalue weighted by molar-refractivity contribution is 8.13. The Bertz CT molecular complexity index is 1130. The Labute approximate surface area is 184 Å². The third-order valence-corrected chi connectivity index (χ3v) is 6.28. The number of amides is 2. The minimum absolute atomic E-state index is 0.125. The number of halogens is 1. The third kappa shape index (κ3) is 4.49. The van der Waals surface area contributed by atoms with Crippen LogP contribution in [0.4, 0.5) is 14.9 Å². The Morgan fingerprint density at radius 1 is 1.06 bits per heavy atom. The Morgan fingerprint density at radius 3 is 2.52 bits per heavy atom. The van der Waals surface area contributed by atoms with Gasteiger partial charge >= 0.3 is 0 Å². The molecule has 6 nitrogen and oxygen atoms in total. The number of benzene rings is 2. The fourth-order valence-corrected chi connectivity index (χ4v) is 4.35. The van der Waals surface area contributed by atoms with Gasteiger partial charge < -0.3 is 10.2 Å². The zero-order chi connectivity index (χ0) is 22.0. The number of hydrogen-bond donors (Lipinski definition) is 1. The molecule has 0 saturated carbocycles. The largest absolute Gasteiger partial charge is 0.339 e. The van der Waals surface area contributed by atoms with Crippen molar-refractivity contribution in [2.24, 2.45) is 0 Å². The molecule has 1 aliphatic carbocycles. The van der Waals surface area contributed by atoms with Gasteiger partial charge in [0, 0.05) is 30.2 Å². The second-order valence-electron chi connectivity index (χ2n) is 7.58. The van der Waals surface area contributed by atoms with Gasteiger partial charge in [0.1, 0.15) is 5.82 Å². The maximum Gasteiger partial charge on any atom is 0.286 e. The van der Waals surface area contributed by atoms with E-state index in [4.69, 9.17) is 0 Å². The molecule has 1 heterocycles. The summed E-state index contributed by atoms with van der Waals surface area (Å²) in [5.41, 5.74) is 3.59. The van der Waals surface area contributed by atoms with E-state index in [1.54, 1.807) is 43.0 Å². The molecule has 160 valence electrons. The van der Waals surface area contributed by atoms with E-state index in [2.05, 4.69) is 10.4 Å². The molecule has 0 fully saturated rings. The molecule has 31 heavy (non-hydrogen) atoms. The summed E-state index contributed by atoms with van der Waals surface area (Å²) in [6.45, 7) is 0. The Kier molecular flexibility index (Phi) is 6.08. The van der Waals surface area contributed by atoms with Crippen molar-refractivity contribution in [3.05, 3.63) is 71.3 Å². The average Bonchev–Trinajstić information content (AvgIpc) is 3.15. The zero-order valence-corrected chi connectivity index (χ0v) is 18.2. The van der Waals surface area contributed by atoms with Crippen molar-refractivity contribution < 1.29 is 14.0 Å². The highest BCUT2D eigenvalue weighted by atomic mass is 32.2. The number of anilines is 1. The Balaban J connectivity index is 1.66. The van der Waals surface area contributed by atoms with Gasteiger partial charge in [-0.2, -0.15) is 5.10 Å². The van der Waals surface area contributed by atoms with Gasteiger partial charge in [-0.05, 0) is 73.8 Å². The van der Waals surface area contributed by atoms with Crippen LogP contribution >= 0.6 is 11.8 Å². The lowest BCUT2D eigenvalue weighted by atomic mass is 9.95. The summed E-state index contributed by atoms with van der Waals surface area (Å²) in [5.74, 6) is -0.631. The molecule has 0 atom stereocenters. The van der Waals surface area contributed by atoms with E-state index in [0.717, 1.165) is 54.4 Å². The molecular weight excluding hydrogens is 415 g/mol. The van der Waals surface area contributed by atoms with E-state index in [-0.39, 0.29) is 17.0 Å². The number of fused-ring (bicyclic) bond motifs is 1. The number of hydrogen-bond acceptors (Lipinski definition) is 4. The maximum atomic E-state index is 13.4. The molecule has 0 unspecified atom stereocenters. The van der Waals surface area contributed by atoms with Crippen LogP contribution in [0.2, 0.25) is 0 Å². The molecule has 8 heteroatoms. The standard InChI is InChI=1S/C23H23FN4O2S/c1-27(2)23(30)31-20-10-6-4-8-18(20)25-22(29)21-17-7-3-5-9-19(17)28(26-21)16-13-11-15(24)12-14-16/h4,6,8,10-14H,3,5,7,9H2,1-2H3,(H,25,29). The molecule has 3 aromatic rings. The third-order valence-electron chi connectivity index (χ3n) is 5.16. The van der Waals surface area contributed by atoms with E-state index in [0.29, 0.717) is 16.3 Å². The number of carbonyl (C=O) groups is 2. The van der Waals surface area contributed by atoms with Crippen LogP contribution in [-0.4, -0.2) is 39.9 Å². The molecule has 4 rings (SSSR count). The first-order valence-corrected chi connectivity index (χ1v) is 10.9. The quantitative estimate of drug-likeness (QED) is 0.588. The van der Waals surface area contributed by atoms with Crippen LogP contribution in [0.3, 0.4) is 0 Å². The lowest BCUT2D eigenvalue weighted by Gasteiger charge is -2.15. The maximum absolute atomic E-state index is 13.4. The van der Waals surface area contributed by atoms with Gasteiger partial charge in [0.05, 0.1) is 11.4 Å². The summed E-state index contributed by atoms with van der Waals surface area (Å²) in [4.78, 5) is 27.5. The monoisotopic (exact) mass is 438 g/mol. The molecule has 2 amide bonds. The predicted molar refractivity (Wildman–Crippen MR) is 119 cm³/mol. The first-order valence-electron chi connectivity index (χ1n) is 10.1. The van der Waals surface area contributed by atoms with Crippen molar-refractivity contribution >= 4 is 28.6 Å². The summed E-state index contributed by atoms with van der Waals surface area (Å²) >= 11 is 1.06. The van der Waals surface area contributed by atoms with Crippen LogP contribution < -0.4 is 5.32 Å². The van der Waals surface area contributed by atoms with Gasteiger partial charge in [-0.25, -0.2) is 9.07 Å². The van der Waals surface area contributed by atoms with Crippen molar-refractivity contribution in [2.75, 3.05) is 19.4 Å². The van der Waals surface area contributed by atoms with Crippen LogP contribution in [-0.2, 0) is 12.8 Å². The highest BCUT2D eigenvalue weighted by Gasteiger charge is 2.26. The van der Waals surface area contributed by atoms with Crippen LogP contribution in [0.1, 0.15) is 34.6 Å². The van der Waals surface area contributed by atoms with Gasteiger partial charge in [0.25, 0.3) is 11.1 Å². The lowest BCUT2D eigenvalue weighted by molar-refractivity contribution is 0.102. The second-order valence-corrected chi connectivity index (χ2v) is 8.58.